The minimum atomic E-state index is -0.990. The van der Waals surface area contributed by atoms with Gasteiger partial charge in [-0.3, -0.25) is 0 Å². The Labute approximate surface area is 89.4 Å². The third-order valence-electron chi connectivity index (χ3n) is 3.01. The summed E-state index contributed by atoms with van der Waals surface area (Å²) in [6, 6.07) is -0.847. The fourth-order valence-electron chi connectivity index (χ4n) is 1.48. The van der Waals surface area contributed by atoms with Crippen molar-refractivity contribution >= 4 is 12.0 Å². The summed E-state index contributed by atoms with van der Waals surface area (Å²) in [6.45, 7) is 3.58. The molecule has 0 aromatic carbocycles. The molecule has 3 atom stereocenters. The van der Waals surface area contributed by atoms with E-state index in [2.05, 4.69) is 12.2 Å². The Balaban J connectivity index is 2.37. The summed E-state index contributed by atoms with van der Waals surface area (Å²) < 4.78 is 0. The molecule has 2 amide bonds. The first-order valence-electron chi connectivity index (χ1n) is 5.23. The molecule has 0 spiro atoms. The molecule has 1 fully saturated rings. The highest BCUT2D eigenvalue weighted by Crippen LogP contribution is 2.33. The fourth-order valence-corrected chi connectivity index (χ4v) is 1.48. The molecule has 0 bridgehead atoms. The Kier molecular flexibility index (Phi) is 3.55. The molecule has 5 heteroatoms. The lowest BCUT2D eigenvalue weighted by atomic mass is 10.3. The van der Waals surface area contributed by atoms with Gasteiger partial charge in [-0.1, -0.05) is 13.3 Å². The summed E-state index contributed by atoms with van der Waals surface area (Å²) in [5.74, 6) is -0.419. The number of amides is 2. The molecule has 1 aliphatic rings. The number of nitrogens with zero attached hydrogens (tertiary/aromatic N) is 1. The van der Waals surface area contributed by atoms with Crippen LogP contribution in [-0.4, -0.2) is 41.1 Å². The number of aliphatic carboxylic acids is 1. The van der Waals surface area contributed by atoms with Gasteiger partial charge >= 0.3 is 12.0 Å². The van der Waals surface area contributed by atoms with Crippen LogP contribution in [0, 0.1) is 5.92 Å². The molecule has 0 aliphatic heterocycles. The Morgan fingerprint density at radius 3 is 2.60 bits per heavy atom. The Morgan fingerprint density at radius 1 is 1.60 bits per heavy atom. The number of nitrogens with one attached hydrogen (secondary N) is 1. The predicted molar refractivity (Wildman–Crippen MR) is 55.6 cm³/mol. The highest BCUT2D eigenvalue weighted by Gasteiger charge is 2.37. The molecule has 0 heterocycles. The second-order valence-electron chi connectivity index (χ2n) is 4.09. The van der Waals surface area contributed by atoms with Crippen LogP contribution in [0.15, 0.2) is 0 Å². The van der Waals surface area contributed by atoms with Gasteiger partial charge < -0.3 is 15.3 Å². The van der Waals surface area contributed by atoms with E-state index in [0.717, 1.165) is 12.8 Å². The molecule has 1 rings (SSSR count). The van der Waals surface area contributed by atoms with Crippen molar-refractivity contribution in [3.63, 3.8) is 0 Å². The third-order valence-corrected chi connectivity index (χ3v) is 3.01. The van der Waals surface area contributed by atoms with Crippen molar-refractivity contribution in [1.82, 2.24) is 10.2 Å². The maximum absolute atomic E-state index is 11.6. The van der Waals surface area contributed by atoms with Gasteiger partial charge in [0, 0.05) is 13.1 Å². The molecule has 86 valence electrons. The molecule has 2 N–H and O–H groups in total. The number of hydrogen-bond donors (Lipinski definition) is 2. The highest BCUT2D eigenvalue weighted by atomic mass is 16.4. The summed E-state index contributed by atoms with van der Waals surface area (Å²) in [4.78, 5) is 23.4. The second kappa shape index (κ2) is 4.51. The molecule has 5 nitrogen and oxygen atoms in total. The van der Waals surface area contributed by atoms with Gasteiger partial charge in [0.25, 0.3) is 0 Å². The van der Waals surface area contributed by atoms with Crippen LogP contribution in [0.3, 0.4) is 0 Å². The van der Waals surface area contributed by atoms with E-state index in [4.69, 9.17) is 5.11 Å². The first kappa shape index (κ1) is 11.8. The van der Waals surface area contributed by atoms with Crippen LogP contribution in [0.2, 0.25) is 0 Å². The number of likely N-dealkylation sites (N-methyl/N-ethyl adjacent to an activating group) is 1. The maximum atomic E-state index is 11.6. The lowest BCUT2D eigenvalue weighted by Crippen LogP contribution is -2.46. The van der Waals surface area contributed by atoms with Gasteiger partial charge in [0.2, 0.25) is 0 Å². The molecule has 15 heavy (non-hydrogen) atoms. The molecule has 0 aromatic rings. The maximum Gasteiger partial charge on any atom is 0.326 e. The fraction of sp³-hybridized carbons (Fsp3) is 0.800. The van der Waals surface area contributed by atoms with Gasteiger partial charge in [0.05, 0.1) is 0 Å². The van der Waals surface area contributed by atoms with Crippen LogP contribution < -0.4 is 5.32 Å². The zero-order chi connectivity index (χ0) is 11.6. The van der Waals surface area contributed by atoms with E-state index in [1.165, 1.54) is 18.9 Å². The predicted octanol–water partition coefficient (Wildman–Crippen LogP) is 0.899. The van der Waals surface area contributed by atoms with Gasteiger partial charge in [-0.05, 0) is 19.3 Å². The van der Waals surface area contributed by atoms with Crippen molar-refractivity contribution in [3.05, 3.63) is 0 Å². The van der Waals surface area contributed by atoms with Gasteiger partial charge in [-0.15, -0.1) is 0 Å². The largest absolute Gasteiger partial charge is 0.480 e. The molecule has 1 aliphatic carbocycles. The van der Waals surface area contributed by atoms with Crippen LogP contribution in [-0.2, 0) is 4.79 Å². The molecule has 0 aromatic heterocycles. The summed E-state index contributed by atoms with van der Waals surface area (Å²) in [5, 5.41) is 11.5. The number of carbonyl (C=O) groups is 2. The summed E-state index contributed by atoms with van der Waals surface area (Å²) in [5.41, 5.74) is 0. The van der Waals surface area contributed by atoms with Crippen molar-refractivity contribution in [2.24, 2.45) is 5.92 Å². The summed E-state index contributed by atoms with van der Waals surface area (Å²) in [7, 11) is 1.50. The average Bonchev–Trinajstić information content (AvgIpc) is 2.93. The van der Waals surface area contributed by atoms with Gasteiger partial charge in [-0.25, -0.2) is 9.59 Å². The Bertz CT molecular complexity index is 267. The molecule has 3 unspecified atom stereocenters. The first-order valence-corrected chi connectivity index (χ1v) is 5.23. The molecular weight excluding hydrogens is 196 g/mol. The van der Waals surface area contributed by atoms with E-state index in [1.54, 1.807) is 0 Å². The minimum Gasteiger partial charge on any atom is -0.480 e. The summed E-state index contributed by atoms with van der Waals surface area (Å²) >= 11 is 0. The molecule has 1 saturated carbocycles. The summed E-state index contributed by atoms with van der Waals surface area (Å²) in [6.07, 6.45) is 2.07. The van der Waals surface area contributed by atoms with Gasteiger partial charge in [-0.2, -0.15) is 0 Å². The number of hydrogen-bond acceptors (Lipinski definition) is 2. The van der Waals surface area contributed by atoms with E-state index in [-0.39, 0.29) is 12.1 Å². The monoisotopic (exact) mass is 214 g/mol. The van der Waals surface area contributed by atoms with Crippen LogP contribution in [0.4, 0.5) is 4.79 Å². The van der Waals surface area contributed by atoms with E-state index in [0.29, 0.717) is 5.92 Å². The van der Waals surface area contributed by atoms with E-state index < -0.39 is 12.0 Å². The van der Waals surface area contributed by atoms with E-state index in [9.17, 15) is 9.59 Å². The number of carboxylic acid groups (broad SMARTS) is 1. The van der Waals surface area contributed by atoms with Crippen molar-refractivity contribution < 1.29 is 14.7 Å². The van der Waals surface area contributed by atoms with E-state index in [1.807, 2.05) is 0 Å². The van der Waals surface area contributed by atoms with Crippen molar-refractivity contribution in [1.29, 1.82) is 0 Å². The van der Waals surface area contributed by atoms with Crippen molar-refractivity contribution in [3.8, 4) is 0 Å². The molecular formula is C10H18N2O3. The molecule has 0 saturated heterocycles. The number of carbonyl (C=O) groups excluding carboxylic acids is 1. The van der Waals surface area contributed by atoms with Gasteiger partial charge in [0.15, 0.2) is 0 Å². The number of carboxylic acids is 1. The smallest absolute Gasteiger partial charge is 0.326 e. The van der Waals surface area contributed by atoms with Crippen molar-refractivity contribution in [2.45, 2.75) is 38.8 Å². The quantitative estimate of drug-likeness (QED) is 0.730. The highest BCUT2D eigenvalue weighted by molar-refractivity contribution is 5.82. The SMILES string of the molecule is CCC1CC1NC(=O)N(C)C(C)C(=O)O. The molecule has 0 radical (unpaired) electrons. The Morgan fingerprint density at radius 2 is 2.20 bits per heavy atom. The van der Waals surface area contributed by atoms with Crippen LogP contribution in [0.1, 0.15) is 26.7 Å². The standard InChI is InChI=1S/C10H18N2O3/c1-4-7-5-8(7)11-10(15)12(3)6(2)9(13)14/h6-8H,4-5H2,1-3H3,(H,11,15)(H,13,14). The van der Waals surface area contributed by atoms with Crippen LogP contribution in [0.5, 0.6) is 0 Å². The zero-order valence-corrected chi connectivity index (χ0v) is 9.36. The lowest BCUT2D eigenvalue weighted by molar-refractivity contribution is -0.141. The Hall–Kier alpha value is -1.26. The topological polar surface area (TPSA) is 69.6 Å². The van der Waals surface area contributed by atoms with Crippen LogP contribution in [0.25, 0.3) is 0 Å². The van der Waals surface area contributed by atoms with Gasteiger partial charge in [0.1, 0.15) is 6.04 Å². The van der Waals surface area contributed by atoms with Crippen molar-refractivity contribution in [2.75, 3.05) is 7.05 Å². The lowest BCUT2D eigenvalue weighted by Gasteiger charge is -2.21. The van der Waals surface area contributed by atoms with E-state index >= 15 is 0 Å². The third kappa shape index (κ3) is 2.84. The minimum absolute atomic E-state index is 0.242. The zero-order valence-electron chi connectivity index (χ0n) is 9.36. The normalized spacial score (nSPS) is 25.5. The number of urea groups is 1. The number of rotatable bonds is 4. The first-order chi connectivity index (χ1) is 6.97. The second-order valence-corrected chi connectivity index (χ2v) is 4.09. The average molecular weight is 214 g/mol. The van der Waals surface area contributed by atoms with Crippen LogP contribution >= 0.6 is 0 Å².